The maximum atomic E-state index is 12.0. The number of likely N-dealkylation sites (tertiary alicyclic amines) is 1. The van der Waals surface area contributed by atoms with Crippen LogP contribution < -0.4 is 0 Å². The number of rotatable bonds is 2. The van der Waals surface area contributed by atoms with Gasteiger partial charge in [-0.1, -0.05) is 0 Å². The summed E-state index contributed by atoms with van der Waals surface area (Å²) in [4.78, 5) is 24.9. The van der Waals surface area contributed by atoms with Crippen molar-refractivity contribution < 1.29 is 14.7 Å². The topological polar surface area (TPSA) is 57.6 Å². The van der Waals surface area contributed by atoms with Crippen molar-refractivity contribution in [3.05, 3.63) is 0 Å². The van der Waals surface area contributed by atoms with Gasteiger partial charge in [-0.15, -0.1) is 0 Å². The molecule has 4 heteroatoms. The van der Waals surface area contributed by atoms with Crippen LogP contribution in [0.2, 0.25) is 0 Å². The third-order valence-electron chi connectivity index (χ3n) is 3.93. The number of amides is 1. The number of carboxylic acids is 1. The summed E-state index contributed by atoms with van der Waals surface area (Å²) >= 11 is 0. The van der Waals surface area contributed by atoms with Gasteiger partial charge in [0.2, 0.25) is 5.91 Å². The van der Waals surface area contributed by atoms with Gasteiger partial charge in [-0.3, -0.25) is 9.59 Å². The predicted molar refractivity (Wildman–Crippen MR) is 54.3 cm³/mol. The number of carbonyl (C=O) groups is 2. The lowest BCUT2D eigenvalue weighted by Crippen LogP contribution is -2.52. The smallest absolute Gasteiger partial charge is 0.310 e. The predicted octanol–water partition coefficient (Wildman–Crippen LogP) is 1.11. The van der Waals surface area contributed by atoms with Gasteiger partial charge in [0.15, 0.2) is 0 Å². The van der Waals surface area contributed by atoms with Gasteiger partial charge in [0.05, 0.1) is 11.3 Å². The Kier molecular flexibility index (Phi) is 2.44. The molecule has 2 atom stereocenters. The molecule has 1 saturated carbocycles. The normalized spacial score (nSPS) is 35.0. The van der Waals surface area contributed by atoms with Crippen LogP contribution in [0.5, 0.6) is 0 Å². The number of carboxylic acid groups (broad SMARTS) is 1. The van der Waals surface area contributed by atoms with Gasteiger partial charge < -0.3 is 10.0 Å². The van der Waals surface area contributed by atoms with Gasteiger partial charge in [-0.2, -0.15) is 0 Å². The zero-order valence-corrected chi connectivity index (χ0v) is 9.03. The lowest BCUT2D eigenvalue weighted by molar-refractivity contribution is -0.167. The Balaban J connectivity index is 2.05. The minimum atomic E-state index is -0.828. The fraction of sp³-hybridized carbons (Fsp3) is 0.818. The molecule has 0 bridgehead atoms. The molecule has 0 radical (unpaired) electrons. The molecule has 84 valence electrons. The van der Waals surface area contributed by atoms with Gasteiger partial charge in [0.25, 0.3) is 0 Å². The molecule has 1 saturated heterocycles. The third-order valence-corrected chi connectivity index (χ3v) is 3.93. The fourth-order valence-corrected chi connectivity index (χ4v) is 2.53. The number of nitrogens with zero attached hydrogens (tertiary/aromatic N) is 1. The molecule has 1 N–H and O–H groups in total. The fourth-order valence-electron chi connectivity index (χ4n) is 2.53. The van der Waals surface area contributed by atoms with E-state index in [4.69, 9.17) is 5.11 Å². The SMILES string of the molecule is C[C@@]1(C(=O)O)CC[C@@H]1C(=O)N1CCCC1. The minimum absolute atomic E-state index is 0.0589. The first-order valence-corrected chi connectivity index (χ1v) is 5.58. The molecule has 0 aromatic carbocycles. The van der Waals surface area contributed by atoms with Crippen molar-refractivity contribution >= 4 is 11.9 Å². The van der Waals surface area contributed by atoms with Crippen molar-refractivity contribution in [2.45, 2.75) is 32.6 Å². The van der Waals surface area contributed by atoms with E-state index in [2.05, 4.69) is 0 Å². The van der Waals surface area contributed by atoms with Gasteiger partial charge in [0, 0.05) is 13.1 Å². The molecule has 2 rings (SSSR count). The van der Waals surface area contributed by atoms with E-state index in [0.717, 1.165) is 32.4 Å². The Morgan fingerprint density at radius 3 is 2.33 bits per heavy atom. The highest BCUT2D eigenvalue weighted by Gasteiger charge is 2.53. The second-order valence-corrected chi connectivity index (χ2v) is 4.85. The summed E-state index contributed by atoms with van der Waals surface area (Å²) in [5, 5.41) is 9.08. The summed E-state index contributed by atoms with van der Waals surface area (Å²) in [5.74, 6) is -1.05. The van der Waals surface area contributed by atoms with Gasteiger partial charge in [-0.05, 0) is 32.6 Å². The molecular formula is C11H17NO3. The van der Waals surface area contributed by atoms with Crippen LogP contribution in [0.3, 0.4) is 0 Å². The first-order chi connectivity index (χ1) is 7.05. The van der Waals surface area contributed by atoms with E-state index in [9.17, 15) is 9.59 Å². The minimum Gasteiger partial charge on any atom is -0.481 e. The third kappa shape index (κ3) is 1.52. The van der Waals surface area contributed by atoms with Crippen molar-refractivity contribution in [2.75, 3.05) is 13.1 Å². The number of hydrogen-bond donors (Lipinski definition) is 1. The molecule has 1 aliphatic heterocycles. The standard InChI is InChI=1S/C11H17NO3/c1-11(10(14)15)5-4-8(11)9(13)12-6-2-3-7-12/h8H,2-7H2,1H3,(H,14,15)/t8-,11-/m1/s1. The van der Waals surface area contributed by atoms with Crippen LogP contribution in [-0.2, 0) is 9.59 Å². The second kappa shape index (κ2) is 3.51. The van der Waals surface area contributed by atoms with Crippen LogP contribution in [0, 0.1) is 11.3 Å². The first kappa shape index (κ1) is 10.5. The summed E-state index contributed by atoms with van der Waals surface area (Å²) in [6, 6.07) is 0. The van der Waals surface area contributed by atoms with Crippen LogP contribution in [0.25, 0.3) is 0 Å². The van der Waals surface area contributed by atoms with E-state index >= 15 is 0 Å². The first-order valence-electron chi connectivity index (χ1n) is 5.58. The molecule has 2 fully saturated rings. The molecule has 0 spiro atoms. The molecule has 0 aromatic heterocycles. The Morgan fingerprint density at radius 1 is 1.33 bits per heavy atom. The van der Waals surface area contributed by atoms with Crippen molar-refractivity contribution in [1.82, 2.24) is 4.90 Å². The number of hydrogen-bond acceptors (Lipinski definition) is 2. The highest BCUT2D eigenvalue weighted by molar-refractivity contribution is 5.89. The average molecular weight is 211 g/mol. The van der Waals surface area contributed by atoms with Crippen LogP contribution in [0.1, 0.15) is 32.6 Å². The van der Waals surface area contributed by atoms with Crippen molar-refractivity contribution in [3.8, 4) is 0 Å². The Bertz CT molecular complexity index is 296. The molecular weight excluding hydrogens is 194 g/mol. The Labute approximate surface area is 89.3 Å². The van der Waals surface area contributed by atoms with Crippen molar-refractivity contribution in [2.24, 2.45) is 11.3 Å². The summed E-state index contributed by atoms with van der Waals surface area (Å²) in [6.07, 6.45) is 3.48. The molecule has 4 nitrogen and oxygen atoms in total. The lowest BCUT2D eigenvalue weighted by Gasteiger charge is -2.43. The zero-order chi connectivity index (χ0) is 11.1. The van der Waals surface area contributed by atoms with E-state index in [1.807, 2.05) is 4.90 Å². The van der Waals surface area contributed by atoms with Crippen LogP contribution in [0.15, 0.2) is 0 Å². The average Bonchev–Trinajstić information content (AvgIpc) is 2.67. The van der Waals surface area contributed by atoms with Crippen LogP contribution in [-0.4, -0.2) is 35.0 Å². The van der Waals surface area contributed by atoms with Gasteiger partial charge in [-0.25, -0.2) is 0 Å². The van der Waals surface area contributed by atoms with Crippen molar-refractivity contribution in [1.29, 1.82) is 0 Å². The number of carbonyl (C=O) groups excluding carboxylic acids is 1. The summed E-state index contributed by atoms with van der Waals surface area (Å²) in [6.45, 7) is 3.31. The van der Waals surface area contributed by atoms with Crippen molar-refractivity contribution in [3.63, 3.8) is 0 Å². The molecule has 0 unspecified atom stereocenters. The van der Waals surface area contributed by atoms with E-state index in [0.29, 0.717) is 6.42 Å². The molecule has 1 heterocycles. The van der Waals surface area contributed by atoms with E-state index < -0.39 is 11.4 Å². The quantitative estimate of drug-likeness (QED) is 0.744. The van der Waals surface area contributed by atoms with E-state index in [1.165, 1.54) is 0 Å². The Morgan fingerprint density at radius 2 is 1.93 bits per heavy atom. The van der Waals surface area contributed by atoms with Gasteiger partial charge in [0.1, 0.15) is 0 Å². The molecule has 1 amide bonds. The highest BCUT2D eigenvalue weighted by Crippen LogP contribution is 2.47. The maximum absolute atomic E-state index is 12.0. The van der Waals surface area contributed by atoms with Crippen LogP contribution >= 0.6 is 0 Å². The van der Waals surface area contributed by atoms with Crippen LogP contribution in [0.4, 0.5) is 0 Å². The monoisotopic (exact) mass is 211 g/mol. The maximum Gasteiger partial charge on any atom is 0.310 e. The summed E-state index contributed by atoms with van der Waals surface area (Å²) in [5.41, 5.74) is -0.806. The zero-order valence-electron chi connectivity index (χ0n) is 9.03. The number of aliphatic carboxylic acids is 1. The largest absolute Gasteiger partial charge is 0.481 e. The molecule has 0 aromatic rings. The molecule has 1 aliphatic carbocycles. The van der Waals surface area contributed by atoms with E-state index in [-0.39, 0.29) is 11.8 Å². The van der Waals surface area contributed by atoms with Gasteiger partial charge >= 0.3 is 5.97 Å². The van der Waals surface area contributed by atoms with E-state index in [1.54, 1.807) is 6.92 Å². The summed E-state index contributed by atoms with van der Waals surface area (Å²) in [7, 11) is 0. The second-order valence-electron chi connectivity index (χ2n) is 4.85. The summed E-state index contributed by atoms with van der Waals surface area (Å²) < 4.78 is 0. The molecule has 15 heavy (non-hydrogen) atoms. The molecule has 2 aliphatic rings. The Hall–Kier alpha value is -1.06. The lowest BCUT2D eigenvalue weighted by atomic mass is 9.60. The highest BCUT2D eigenvalue weighted by atomic mass is 16.4.